The van der Waals surface area contributed by atoms with Crippen LogP contribution in [0.5, 0.6) is 0 Å². The molecule has 5 rings (SSSR count). The molecule has 1 unspecified atom stereocenters. The molecule has 0 aliphatic heterocycles. The zero-order chi connectivity index (χ0) is 25.4. The van der Waals surface area contributed by atoms with Gasteiger partial charge in [0.25, 0.3) is 5.91 Å². The lowest BCUT2D eigenvalue weighted by Gasteiger charge is -2.14. The maximum absolute atomic E-state index is 13.4. The summed E-state index contributed by atoms with van der Waals surface area (Å²) in [6, 6.07) is 16.5. The van der Waals surface area contributed by atoms with Crippen LogP contribution >= 0.6 is 0 Å². The highest BCUT2D eigenvalue weighted by molar-refractivity contribution is 7.84. The molecule has 3 heterocycles. The summed E-state index contributed by atoms with van der Waals surface area (Å²) in [4.78, 5) is 17.6. The number of halogens is 1. The Kier molecular flexibility index (Phi) is 6.19. The van der Waals surface area contributed by atoms with Gasteiger partial charge < -0.3 is 5.32 Å². The lowest BCUT2D eigenvalue weighted by molar-refractivity contribution is 0.102. The second kappa shape index (κ2) is 9.46. The quantitative estimate of drug-likeness (QED) is 0.359. The van der Waals surface area contributed by atoms with Gasteiger partial charge in [-0.05, 0) is 60.0 Å². The average Bonchev–Trinajstić information content (AvgIpc) is 3.50. The van der Waals surface area contributed by atoms with Gasteiger partial charge in [0.15, 0.2) is 11.3 Å². The maximum Gasteiger partial charge on any atom is 0.276 e. The van der Waals surface area contributed by atoms with E-state index in [-0.39, 0.29) is 11.6 Å². The van der Waals surface area contributed by atoms with E-state index in [1.165, 1.54) is 41.3 Å². The monoisotopic (exact) mass is 502 g/mol. The van der Waals surface area contributed by atoms with Crippen LogP contribution < -0.4 is 5.32 Å². The molecule has 0 aliphatic carbocycles. The lowest BCUT2D eigenvalue weighted by Crippen LogP contribution is -2.13. The van der Waals surface area contributed by atoms with Crippen molar-refractivity contribution in [2.45, 2.75) is 24.8 Å². The first kappa shape index (κ1) is 23.6. The lowest BCUT2D eigenvalue weighted by atomic mass is 9.95. The molecule has 2 aromatic carbocycles. The van der Waals surface area contributed by atoms with Gasteiger partial charge in [-0.2, -0.15) is 10.2 Å². The van der Waals surface area contributed by atoms with Crippen molar-refractivity contribution in [3.05, 3.63) is 90.1 Å². The maximum atomic E-state index is 13.4. The summed E-state index contributed by atoms with van der Waals surface area (Å²) >= 11 is 0. The van der Waals surface area contributed by atoms with Crippen molar-refractivity contribution in [2.24, 2.45) is 0 Å². The second-order valence-corrected chi connectivity index (χ2v) is 9.88. The molecule has 182 valence electrons. The molecule has 36 heavy (non-hydrogen) atoms. The number of benzene rings is 2. The van der Waals surface area contributed by atoms with Gasteiger partial charge in [0.1, 0.15) is 10.8 Å². The van der Waals surface area contributed by atoms with Crippen molar-refractivity contribution < 1.29 is 13.4 Å². The number of imidazole rings is 1. The summed E-state index contributed by atoms with van der Waals surface area (Å²) in [6.45, 7) is 4.20. The molecule has 0 spiro atoms. The van der Waals surface area contributed by atoms with E-state index in [0.717, 1.165) is 22.5 Å². The fourth-order valence-corrected chi connectivity index (χ4v) is 4.68. The third-order valence-corrected chi connectivity index (χ3v) is 6.64. The minimum absolute atomic E-state index is 0.0930. The predicted molar refractivity (Wildman–Crippen MR) is 136 cm³/mol. The Morgan fingerprint density at radius 1 is 1.08 bits per heavy atom. The number of anilines is 1. The first-order chi connectivity index (χ1) is 17.3. The Balaban J connectivity index is 1.50. The Labute approximate surface area is 209 Å². The van der Waals surface area contributed by atoms with Crippen LogP contribution in [0, 0.1) is 5.82 Å². The first-order valence-corrected chi connectivity index (χ1v) is 12.8. The van der Waals surface area contributed by atoms with Gasteiger partial charge in [-0.1, -0.05) is 19.9 Å². The number of amides is 1. The largest absolute Gasteiger partial charge is 0.321 e. The molecule has 10 heteroatoms. The summed E-state index contributed by atoms with van der Waals surface area (Å²) in [6.07, 6.45) is 4.97. The molecule has 0 radical (unpaired) electrons. The fraction of sp³-hybridized carbons (Fsp3) is 0.154. The molecule has 1 amide bonds. The number of hydrogen-bond acceptors (Lipinski definition) is 5. The van der Waals surface area contributed by atoms with Crippen LogP contribution in [0.2, 0.25) is 0 Å². The smallest absolute Gasteiger partial charge is 0.276 e. The van der Waals surface area contributed by atoms with Gasteiger partial charge in [-0.3, -0.25) is 9.00 Å². The van der Waals surface area contributed by atoms with E-state index < -0.39 is 22.5 Å². The zero-order valence-electron chi connectivity index (χ0n) is 19.8. The van der Waals surface area contributed by atoms with E-state index in [2.05, 4.69) is 34.3 Å². The highest BCUT2D eigenvalue weighted by Crippen LogP contribution is 2.32. The van der Waals surface area contributed by atoms with Gasteiger partial charge in [0, 0.05) is 29.8 Å². The number of fused-ring (bicyclic) bond motifs is 1. The highest BCUT2D eigenvalue weighted by Gasteiger charge is 2.20. The average molecular weight is 503 g/mol. The van der Waals surface area contributed by atoms with Gasteiger partial charge >= 0.3 is 0 Å². The van der Waals surface area contributed by atoms with Gasteiger partial charge in [0.2, 0.25) is 0 Å². The van der Waals surface area contributed by atoms with Crippen LogP contribution in [-0.4, -0.2) is 40.8 Å². The van der Waals surface area contributed by atoms with Crippen molar-refractivity contribution in [3.63, 3.8) is 0 Å². The molecule has 0 saturated carbocycles. The topological polar surface area (TPSA) is 94.2 Å². The van der Waals surface area contributed by atoms with Gasteiger partial charge in [-0.25, -0.2) is 18.6 Å². The number of aromatic nitrogens is 5. The van der Waals surface area contributed by atoms with Crippen molar-refractivity contribution in [1.82, 2.24) is 24.4 Å². The Hall–Kier alpha value is -4.18. The highest BCUT2D eigenvalue weighted by atomic mass is 32.2. The number of rotatable bonds is 6. The van der Waals surface area contributed by atoms with Gasteiger partial charge in [-0.15, -0.1) is 0 Å². The van der Waals surface area contributed by atoms with E-state index in [4.69, 9.17) is 0 Å². The number of nitrogens with one attached hydrogen (secondary N) is 1. The molecule has 8 nitrogen and oxygen atoms in total. The molecular weight excluding hydrogens is 479 g/mol. The molecule has 5 aromatic rings. The minimum atomic E-state index is -1.42. The molecule has 1 atom stereocenters. The summed E-state index contributed by atoms with van der Waals surface area (Å²) in [5.74, 6) is -0.626. The van der Waals surface area contributed by atoms with E-state index in [1.807, 2.05) is 30.3 Å². The summed E-state index contributed by atoms with van der Waals surface area (Å²) in [7, 11) is -1.42. The third-order valence-electron chi connectivity index (χ3n) is 5.76. The Morgan fingerprint density at radius 3 is 2.58 bits per heavy atom. The number of carbonyl (C=O) groups is 1. The minimum Gasteiger partial charge on any atom is -0.321 e. The fourth-order valence-electron chi connectivity index (χ4n) is 4.01. The van der Waals surface area contributed by atoms with Crippen LogP contribution in [0.3, 0.4) is 0 Å². The first-order valence-electron chi connectivity index (χ1n) is 11.3. The Morgan fingerprint density at radius 2 is 1.86 bits per heavy atom. The van der Waals surface area contributed by atoms with E-state index in [9.17, 15) is 13.4 Å². The van der Waals surface area contributed by atoms with E-state index in [1.54, 1.807) is 16.9 Å². The van der Waals surface area contributed by atoms with Crippen molar-refractivity contribution >= 4 is 28.0 Å². The Bertz CT molecular complexity index is 1610. The number of carbonyl (C=O) groups excluding carboxylic acids is 1. The van der Waals surface area contributed by atoms with Crippen LogP contribution in [0.25, 0.3) is 22.6 Å². The predicted octanol–water partition coefficient (Wildman–Crippen LogP) is 4.83. The van der Waals surface area contributed by atoms with Crippen molar-refractivity contribution in [1.29, 1.82) is 0 Å². The van der Waals surface area contributed by atoms with E-state index >= 15 is 0 Å². The van der Waals surface area contributed by atoms with Gasteiger partial charge in [0.05, 0.1) is 28.4 Å². The van der Waals surface area contributed by atoms with Crippen molar-refractivity contribution in [3.8, 4) is 16.9 Å². The standard InChI is InChI=1S/C26H23FN6O2S/c1-16(2)20-11-8-18(13-21(20)23-15-28-24-5-4-12-29-33(23)24)30-26(34)22-14-25(36(3)35)32(31-22)19-9-6-17(27)7-10-19/h4-16H,1-3H3,(H,30,34). The van der Waals surface area contributed by atoms with Crippen LogP contribution in [0.15, 0.2) is 78.1 Å². The zero-order valence-corrected chi connectivity index (χ0v) is 20.7. The molecule has 0 bridgehead atoms. The SMILES string of the molecule is CC(C)c1ccc(NC(=O)c2cc(S(C)=O)n(-c3ccc(F)cc3)n2)cc1-c1cnc2cccnn12. The normalized spacial score (nSPS) is 12.2. The molecule has 0 aliphatic rings. The van der Waals surface area contributed by atoms with Crippen LogP contribution in [-0.2, 0) is 10.8 Å². The molecule has 3 aromatic heterocycles. The van der Waals surface area contributed by atoms with Crippen LogP contribution in [0.1, 0.15) is 35.8 Å². The van der Waals surface area contributed by atoms with Crippen molar-refractivity contribution in [2.75, 3.05) is 11.6 Å². The molecule has 0 fully saturated rings. The molecular formula is C26H23FN6O2S. The third kappa shape index (κ3) is 4.42. The van der Waals surface area contributed by atoms with E-state index in [0.29, 0.717) is 16.4 Å². The number of hydrogen-bond donors (Lipinski definition) is 1. The second-order valence-electron chi connectivity index (χ2n) is 8.56. The summed E-state index contributed by atoms with van der Waals surface area (Å²) in [5.41, 5.74) is 4.70. The molecule has 0 saturated heterocycles. The summed E-state index contributed by atoms with van der Waals surface area (Å²) < 4.78 is 28.8. The number of nitrogens with zero attached hydrogens (tertiary/aromatic N) is 5. The van der Waals surface area contributed by atoms with Crippen LogP contribution in [0.4, 0.5) is 10.1 Å². The summed E-state index contributed by atoms with van der Waals surface area (Å²) in [5, 5.41) is 12.0. The molecule has 1 N–H and O–H groups in total.